The number of nitriles is 1. The van der Waals surface area contributed by atoms with Crippen molar-refractivity contribution in [2.75, 3.05) is 5.75 Å². The van der Waals surface area contributed by atoms with Gasteiger partial charge in [0.2, 0.25) is 0 Å². The minimum absolute atomic E-state index is 0.645. The summed E-state index contributed by atoms with van der Waals surface area (Å²) >= 11 is 18.0. The average Bonchev–Trinajstić information content (AvgIpc) is 1.78. The zero-order valence-electron chi connectivity index (χ0n) is 5.11. The molecule has 0 aliphatic heterocycles. The highest BCUT2D eigenvalue weighted by atomic mass is 35.8. The molecule has 58 valence electrons. The van der Waals surface area contributed by atoms with Gasteiger partial charge in [0.1, 0.15) is 5.40 Å². The van der Waals surface area contributed by atoms with Crippen LogP contribution < -0.4 is 0 Å². The summed E-state index contributed by atoms with van der Waals surface area (Å²) in [6.45, 7) is 0. The lowest BCUT2D eigenvalue weighted by atomic mass is 10.6. The maximum atomic E-state index is 8.12. The molecule has 10 heavy (non-hydrogen) atoms. The number of nitrogens with zero attached hydrogens (tertiary/aromatic N) is 1. The topological polar surface area (TPSA) is 23.8 Å². The maximum Gasteiger partial charge on any atom is 0.341 e. The Bertz CT molecular complexity index is 129. The van der Waals surface area contributed by atoms with E-state index in [9.17, 15) is 0 Å². The molecule has 0 fully saturated rings. The van der Waals surface area contributed by atoms with E-state index in [1.54, 1.807) is 0 Å². The fourth-order valence-corrected chi connectivity index (χ4v) is 2.81. The highest BCUT2D eigenvalue weighted by molar-refractivity contribution is 8.03. The number of hydrogen-bond donors (Lipinski definition) is 0. The summed E-state index contributed by atoms with van der Waals surface area (Å²) in [5, 5.41) is 10.1. The van der Waals surface area contributed by atoms with E-state index in [0.29, 0.717) is 6.04 Å². The van der Waals surface area contributed by atoms with Gasteiger partial charge in [-0.2, -0.15) is 5.26 Å². The van der Waals surface area contributed by atoms with Gasteiger partial charge in [0.25, 0.3) is 0 Å². The van der Waals surface area contributed by atoms with Crippen molar-refractivity contribution in [3.63, 3.8) is 0 Å². The molecule has 0 heterocycles. The molecular formula is C4H6Cl3NSSi. The molecule has 0 amide bonds. The quantitative estimate of drug-likeness (QED) is 0.323. The molecule has 0 aliphatic rings. The molecule has 0 aliphatic carbocycles. The van der Waals surface area contributed by atoms with Crippen LogP contribution in [0.1, 0.15) is 6.42 Å². The largest absolute Gasteiger partial charge is 0.341 e. The van der Waals surface area contributed by atoms with Crippen LogP contribution in [0.15, 0.2) is 0 Å². The van der Waals surface area contributed by atoms with Crippen molar-refractivity contribution in [3.8, 4) is 5.40 Å². The van der Waals surface area contributed by atoms with Crippen LogP contribution in [-0.2, 0) is 0 Å². The van der Waals surface area contributed by atoms with Gasteiger partial charge in [-0.05, 0) is 24.2 Å². The van der Waals surface area contributed by atoms with E-state index in [2.05, 4.69) is 0 Å². The third-order valence-electron chi connectivity index (χ3n) is 0.771. The lowest BCUT2D eigenvalue weighted by Crippen LogP contribution is -2.08. The van der Waals surface area contributed by atoms with Crippen molar-refractivity contribution < 1.29 is 0 Å². The van der Waals surface area contributed by atoms with Gasteiger partial charge in [0, 0.05) is 5.75 Å². The van der Waals surface area contributed by atoms with E-state index in [1.807, 2.05) is 5.40 Å². The molecule has 0 radical (unpaired) electrons. The summed E-state index contributed by atoms with van der Waals surface area (Å²) in [6.07, 6.45) is 0.820. The molecule has 0 saturated heterocycles. The second-order valence-corrected chi connectivity index (χ2v) is 11.8. The second kappa shape index (κ2) is 5.56. The van der Waals surface area contributed by atoms with Gasteiger partial charge in [-0.25, -0.2) is 0 Å². The Morgan fingerprint density at radius 1 is 1.40 bits per heavy atom. The van der Waals surface area contributed by atoms with Crippen molar-refractivity contribution in [2.24, 2.45) is 0 Å². The number of thioether (sulfide) groups is 1. The molecule has 0 unspecified atom stereocenters. The van der Waals surface area contributed by atoms with Gasteiger partial charge >= 0.3 is 6.00 Å². The van der Waals surface area contributed by atoms with Gasteiger partial charge in [0.05, 0.1) is 0 Å². The van der Waals surface area contributed by atoms with Crippen LogP contribution in [0.2, 0.25) is 6.04 Å². The zero-order valence-corrected chi connectivity index (χ0v) is 9.19. The van der Waals surface area contributed by atoms with Crippen LogP contribution in [0.3, 0.4) is 0 Å². The molecule has 0 spiro atoms. The first-order valence-electron chi connectivity index (χ1n) is 2.64. The zero-order chi connectivity index (χ0) is 8.04. The van der Waals surface area contributed by atoms with E-state index < -0.39 is 6.00 Å². The van der Waals surface area contributed by atoms with Gasteiger partial charge in [-0.3, -0.25) is 0 Å². The van der Waals surface area contributed by atoms with Gasteiger partial charge in [-0.15, -0.1) is 33.2 Å². The van der Waals surface area contributed by atoms with Crippen molar-refractivity contribution in [1.82, 2.24) is 0 Å². The summed E-state index contributed by atoms with van der Waals surface area (Å²) in [6, 6.07) is -1.77. The highest BCUT2D eigenvalue weighted by Crippen LogP contribution is 2.26. The van der Waals surface area contributed by atoms with Crippen LogP contribution in [0, 0.1) is 10.7 Å². The average molecular weight is 235 g/mol. The lowest BCUT2D eigenvalue weighted by Gasteiger charge is -2.04. The SMILES string of the molecule is N#CSCCC[Si](Cl)(Cl)Cl. The molecule has 0 bridgehead atoms. The first kappa shape index (κ1) is 10.9. The monoisotopic (exact) mass is 233 g/mol. The molecule has 0 rings (SSSR count). The Labute approximate surface area is 79.8 Å². The Morgan fingerprint density at radius 3 is 2.40 bits per heavy atom. The van der Waals surface area contributed by atoms with Crippen molar-refractivity contribution >= 4 is 51.0 Å². The van der Waals surface area contributed by atoms with Crippen LogP contribution in [-0.4, -0.2) is 11.8 Å². The van der Waals surface area contributed by atoms with E-state index in [-0.39, 0.29) is 0 Å². The van der Waals surface area contributed by atoms with Crippen LogP contribution >= 0.6 is 45.0 Å². The van der Waals surface area contributed by atoms with Crippen molar-refractivity contribution in [3.05, 3.63) is 0 Å². The summed E-state index contributed by atoms with van der Waals surface area (Å²) in [5.41, 5.74) is 0. The van der Waals surface area contributed by atoms with Crippen molar-refractivity contribution in [2.45, 2.75) is 12.5 Å². The Hall–Kier alpha value is 0.927. The third-order valence-corrected chi connectivity index (χ3v) is 4.01. The first-order valence-corrected chi connectivity index (χ1v) is 8.87. The minimum Gasteiger partial charge on any atom is -0.185 e. The van der Waals surface area contributed by atoms with E-state index in [0.717, 1.165) is 12.2 Å². The second-order valence-electron chi connectivity index (χ2n) is 1.66. The fraction of sp³-hybridized carbons (Fsp3) is 0.750. The number of rotatable bonds is 4. The van der Waals surface area contributed by atoms with Gasteiger partial charge in [0.15, 0.2) is 0 Å². The highest BCUT2D eigenvalue weighted by Gasteiger charge is 2.23. The molecule has 6 heteroatoms. The number of halogens is 3. The third kappa shape index (κ3) is 8.93. The normalized spacial score (nSPS) is 11.0. The summed E-state index contributed by atoms with van der Waals surface area (Å²) in [7, 11) is 0. The molecule has 0 aromatic heterocycles. The number of hydrogen-bond acceptors (Lipinski definition) is 2. The van der Waals surface area contributed by atoms with Crippen LogP contribution in [0.5, 0.6) is 0 Å². The predicted octanol–water partition coefficient (Wildman–Crippen LogP) is 3.25. The maximum absolute atomic E-state index is 8.12. The first-order chi connectivity index (χ1) is 4.56. The van der Waals surface area contributed by atoms with Gasteiger partial charge < -0.3 is 0 Å². The molecule has 0 aromatic rings. The Morgan fingerprint density at radius 2 is 2.00 bits per heavy atom. The van der Waals surface area contributed by atoms with Gasteiger partial charge in [-0.1, -0.05) is 0 Å². The standard InChI is InChI=1S/C4H6Cl3NSSi/c5-10(6,7)3-1-2-9-4-8/h1-3H2. The van der Waals surface area contributed by atoms with Crippen LogP contribution in [0.4, 0.5) is 0 Å². The van der Waals surface area contributed by atoms with E-state index in [4.69, 9.17) is 38.5 Å². The minimum atomic E-state index is -2.41. The summed E-state index contributed by atoms with van der Waals surface area (Å²) in [5.74, 6) is 0.761. The summed E-state index contributed by atoms with van der Waals surface area (Å²) < 4.78 is 0. The molecular weight excluding hydrogens is 229 g/mol. The van der Waals surface area contributed by atoms with Crippen LogP contribution in [0.25, 0.3) is 0 Å². The molecule has 0 atom stereocenters. The molecule has 1 nitrogen and oxygen atoms in total. The molecule has 0 aromatic carbocycles. The lowest BCUT2D eigenvalue weighted by molar-refractivity contribution is 1.09. The van der Waals surface area contributed by atoms with E-state index in [1.165, 1.54) is 11.8 Å². The van der Waals surface area contributed by atoms with E-state index >= 15 is 0 Å². The van der Waals surface area contributed by atoms with Crippen molar-refractivity contribution in [1.29, 1.82) is 5.26 Å². The Kier molecular flexibility index (Phi) is 6.08. The fourth-order valence-electron chi connectivity index (χ4n) is 0.390. The molecule has 0 N–H and O–H groups in total. The molecule has 0 saturated carbocycles. The number of thiocyanates is 1. The smallest absolute Gasteiger partial charge is 0.185 e. The summed E-state index contributed by atoms with van der Waals surface area (Å²) in [4.78, 5) is 0. The Balaban J connectivity index is 3.14. The predicted molar refractivity (Wildman–Crippen MR) is 50.8 cm³/mol.